The summed E-state index contributed by atoms with van der Waals surface area (Å²) < 4.78 is 5.17. The van der Waals surface area contributed by atoms with E-state index in [2.05, 4.69) is 27.8 Å². The van der Waals surface area contributed by atoms with Gasteiger partial charge in [-0.15, -0.1) is 0 Å². The highest BCUT2D eigenvalue weighted by molar-refractivity contribution is 5.97. The van der Waals surface area contributed by atoms with Crippen molar-refractivity contribution in [2.45, 2.75) is 45.4 Å². The van der Waals surface area contributed by atoms with Gasteiger partial charge in [-0.05, 0) is 50.3 Å². The summed E-state index contributed by atoms with van der Waals surface area (Å²) in [7, 11) is 1.67. The van der Waals surface area contributed by atoms with Crippen LogP contribution in [-0.4, -0.2) is 56.0 Å². The Morgan fingerprint density at radius 1 is 1.11 bits per heavy atom. The molecule has 0 aromatic heterocycles. The van der Waals surface area contributed by atoms with Crippen molar-refractivity contribution < 1.29 is 14.3 Å². The molecule has 0 aliphatic carbocycles. The predicted molar refractivity (Wildman–Crippen MR) is 110 cm³/mol. The van der Waals surface area contributed by atoms with Crippen LogP contribution in [0.1, 0.15) is 44.6 Å². The van der Waals surface area contributed by atoms with E-state index in [-0.39, 0.29) is 11.8 Å². The lowest BCUT2D eigenvalue weighted by Crippen LogP contribution is -2.46. The zero-order valence-corrected chi connectivity index (χ0v) is 17.0. The van der Waals surface area contributed by atoms with Gasteiger partial charge in [0.1, 0.15) is 5.75 Å². The minimum Gasteiger partial charge on any atom is -0.497 e. The average Bonchev–Trinajstić information content (AvgIpc) is 2.70. The lowest BCUT2D eigenvalue weighted by atomic mass is 10.1. The molecule has 2 amide bonds. The van der Waals surface area contributed by atoms with E-state index in [0.29, 0.717) is 32.4 Å². The number of nitrogens with zero attached hydrogens (tertiary/aromatic N) is 2. The van der Waals surface area contributed by atoms with Gasteiger partial charge in [-0.2, -0.15) is 0 Å². The van der Waals surface area contributed by atoms with Crippen molar-refractivity contribution >= 4 is 17.8 Å². The van der Waals surface area contributed by atoms with Gasteiger partial charge in [-0.1, -0.05) is 12.1 Å². The van der Waals surface area contributed by atoms with Gasteiger partial charge < -0.3 is 15.4 Å². The van der Waals surface area contributed by atoms with Gasteiger partial charge in [0.25, 0.3) is 0 Å². The number of aliphatic imine (C=N–C) groups is 1. The number of aryl methyl sites for hydroxylation is 1. The van der Waals surface area contributed by atoms with Crippen LogP contribution in [0.15, 0.2) is 29.3 Å². The van der Waals surface area contributed by atoms with Crippen LogP contribution in [-0.2, 0) is 16.0 Å². The topological polar surface area (TPSA) is 83.0 Å². The minimum atomic E-state index is -0.0708. The van der Waals surface area contributed by atoms with Crippen LogP contribution in [0.2, 0.25) is 0 Å². The van der Waals surface area contributed by atoms with Crippen molar-refractivity contribution in [3.05, 3.63) is 29.8 Å². The Kier molecular flexibility index (Phi) is 9.31. The number of methoxy groups -OCH3 is 1. The zero-order chi connectivity index (χ0) is 20.2. The second-order valence-electron chi connectivity index (χ2n) is 6.79. The lowest BCUT2D eigenvalue weighted by Gasteiger charge is -2.25. The van der Waals surface area contributed by atoms with E-state index in [4.69, 9.17) is 4.74 Å². The van der Waals surface area contributed by atoms with Crippen LogP contribution >= 0.6 is 0 Å². The Hall–Kier alpha value is -2.57. The molecule has 1 aliphatic heterocycles. The summed E-state index contributed by atoms with van der Waals surface area (Å²) in [6, 6.07) is 8.16. The third-order valence-corrected chi connectivity index (χ3v) is 4.66. The molecule has 7 heteroatoms. The van der Waals surface area contributed by atoms with Crippen LogP contribution in [0.4, 0.5) is 0 Å². The molecular weight excluding hydrogens is 356 g/mol. The molecule has 0 saturated carbocycles. The van der Waals surface area contributed by atoms with Gasteiger partial charge in [-0.25, -0.2) is 0 Å². The molecular formula is C21H32N4O3. The molecule has 0 bridgehead atoms. The fourth-order valence-corrected chi connectivity index (χ4v) is 3.10. The van der Waals surface area contributed by atoms with Crippen molar-refractivity contribution in [3.63, 3.8) is 0 Å². The Morgan fingerprint density at radius 2 is 1.82 bits per heavy atom. The van der Waals surface area contributed by atoms with E-state index >= 15 is 0 Å². The maximum Gasteiger partial charge on any atom is 0.229 e. The predicted octanol–water partition coefficient (Wildman–Crippen LogP) is 2.11. The highest BCUT2D eigenvalue weighted by Crippen LogP contribution is 2.13. The van der Waals surface area contributed by atoms with Crippen molar-refractivity contribution in [2.24, 2.45) is 4.99 Å². The van der Waals surface area contributed by atoms with E-state index in [1.165, 1.54) is 10.5 Å². The number of ether oxygens (including phenoxy) is 1. The average molecular weight is 389 g/mol. The Labute approximate surface area is 167 Å². The van der Waals surface area contributed by atoms with Crippen LogP contribution < -0.4 is 15.4 Å². The van der Waals surface area contributed by atoms with Gasteiger partial charge in [-0.3, -0.25) is 19.5 Å². The summed E-state index contributed by atoms with van der Waals surface area (Å²) in [5.41, 5.74) is 1.30. The molecule has 1 saturated heterocycles. The maximum absolute atomic E-state index is 11.8. The second-order valence-corrected chi connectivity index (χ2v) is 6.79. The van der Waals surface area contributed by atoms with Gasteiger partial charge in [0.2, 0.25) is 11.8 Å². The van der Waals surface area contributed by atoms with Gasteiger partial charge in [0, 0.05) is 39.0 Å². The van der Waals surface area contributed by atoms with E-state index in [9.17, 15) is 9.59 Å². The first kappa shape index (κ1) is 21.7. The molecule has 1 fully saturated rings. The van der Waals surface area contributed by atoms with E-state index in [0.717, 1.165) is 44.1 Å². The third kappa shape index (κ3) is 7.21. The Morgan fingerprint density at radius 3 is 2.46 bits per heavy atom. The van der Waals surface area contributed by atoms with Crippen molar-refractivity contribution in [3.8, 4) is 5.75 Å². The number of amides is 2. The lowest BCUT2D eigenvalue weighted by molar-refractivity contribution is -0.147. The number of carbonyl (C=O) groups is 2. The number of piperidine rings is 1. The Balaban J connectivity index is 1.69. The largest absolute Gasteiger partial charge is 0.497 e. The molecule has 1 aromatic rings. The molecule has 28 heavy (non-hydrogen) atoms. The van der Waals surface area contributed by atoms with E-state index < -0.39 is 0 Å². The van der Waals surface area contributed by atoms with E-state index in [1.54, 1.807) is 7.11 Å². The summed E-state index contributed by atoms with van der Waals surface area (Å²) in [6.07, 6.45) is 4.67. The fraction of sp³-hybridized carbons (Fsp3) is 0.571. The highest BCUT2D eigenvalue weighted by atomic mass is 16.5. The molecule has 2 rings (SSSR count). The zero-order valence-electron chi connectivity index (χ0n) is 17.0. The number of benzene rings is 1. The summed E-state index contributed by atoms with van der Waals surface area (Å²) >= 11 is 0. The number of likely N-dealkylation sites (tertiary alicyclic amines) is 1. The number of hydrogen-bond donors (Lipinski definition) is 2. The molecule has 2 N–H and O–H groups in total. The van der Waals surface area contributed by atoms with Crippen LogP contribution in [0.3, 0.4) is 0 Å². The number of nitrogens with one attached hydrogen (secondary N) is 2. The molecule has 0 atom stereocenters. The fourth-order valence-electron chi connectivity index (χ4n) is 3.10. The molecule has 1 aliphatic rings. The monoisotopic (exact) mass is 388 g/mol. The Bertz CT molecular complexity index is 642. The number of unbranched alkanes of at least 4 members (excludes halogenated alkanes) is 1. The molecule has 1 aromatic carbocycles. The van der Waals surface area contributed by atoms with Crippen molar-refractivity contribution in [1.29, 1.82) is 0 Å². The van der Waals surface area contributed by atoms with Gasteiger partial charge in [0.05, 0.1) is 7.11 Å². The molecule has 1 heterocycles. The number of rotatable bonds is 10. The van der Waals surface area contributed by atoms with Crippen LogP contribution in [0.5, 0.6) is 5.75 Å². The SMILES string of the molecule is CCNC(=NCCCCc1ccc(OC)cc1)NCCN1C(=O)CCCC1=O. The number of imide groups is 1. The normalized spacial score (nSPS) is 14.9. The first-order valence-corrected chi connectivity index (χ1v) is 10.1. The van der Waals surface area contributed by atoms with Crippen LogP contribution in [0, 0.1) is 0 Å². The minimum absolute atomic E-state index is 0.0708. The highest BCUT2D eigenvalue weighted by Gasteiger charge is 2.25. The quantitative estimate of drug-likeness (QED) is 0.278. The molecule has 0 spiro atoms. The smallest absolute Gasteiger partial charge is 0.229 e. The first-order chi connectivity index (χ1) is 13.6. The molecule has 7 nitrogen and oxygen atoms in total. The molecule has 154 valence electrons. The molecule has 0 unspecified atom stereocenters. The van der Waals surface area contributed by atoms with Gasteiger partial charge in [0.15, 0.2) is 5.96 Å². The summed E-state index contributed by atoms with van der Waals surface area (Å²) in [5, 5.41) is 6.41. The summed E-state index contributed by atoms with van der Waals surface area (Å²) in [4.78, 5) is 29.6. The second kappa shape index (κ2) is 12.0. The number of guanidine groups is 1. The standard InChI is InChI=1S/C21H32N4O3/c1-3-22-21(24-15-16-25-19(26)8-6-9-20(25)27)23-14-5-4-7-17-10-12-18(28-2)13-11-17/h10-13H,3-9,14-16H2,1-2H3,(H2,22,23,24). The van der Waals surface area contributed by atoms with E-state index in [1.807, 2.05) is 19.1 Å². The summed E-state index contributed by atoms with van der Waals surface area (Å²) in [5.74, 6) is 1.46. The van der Waals surface area contributed by atoms with Crippen LogP contribution in [0.25, 0.3) is 0 Å². The maximum atomic E-state index is 11.8. The van der Waals surface area contributed by atoms with Crippen molar-refractivity contribution in [2.75, 3.05) is 33.3 Å². The molecule has 0 radical (unpaired) electrons. The van der Waals surface area contributed by atoms with Gasteiger partial charge >= 0.3 is 0 Å². The van der Waals surface area contributed by atoms with Crippen molar-refractivity contribution in [1.82, 2.24) is 15.5 Å². The summed E-state index contributed by atoms with van der Waals surface area (Å²) in [6.45, 7) is 4.40. The number of carbonyl (C=O) groups excluding carboxylic acids is 2. The third-order valence-electron chi connectivity index (χ3n) is 4.66. The first-order valence-electron chi connectivity index (χ1n) is 10.1. The number of hydrogen-bond acceptors (Lipinski definition) is 4.